The summed E-state index contributed by atoms with van der Waals surface area (Å²) in [6.07, 6.45) is 12.0. The number of benzene rings is 1. The van der Waals surface area contributed by atoms with Crippen molar-refractivity contribution in [1.82, 2.24) is 0 Å². The highest BCUT2D eigenvalue weighted by atomic mass is 16.3. The lowest BCUT2D eigenvalue weighted by molar-refractivity contribution is -0.154. The van der Waals surface area contributed by atoms with Crippen molar-refractivity contribution in [1.29, 1.82) is 0 Å². The van der Waals surface area contributed by atoms with E-state index in [-0.39, 0.29) is 22.3 Å². The van der Waals surface area contributed by atoms with Gasteiger partial charge in [0.15, 0.2) is 0 Å². The number of rotatable bonds is 3. The summed E-state index contributed by atoms with van der Waals surface area (Å²) >= 11 is 0. The minimum atomic E-state index is -0.177. The van der Waals surface area contributed by atoms with Crippen LogP contribution in [-0.4, -0.2) is 11.2 Å². The van der Waals surface area contributed by atoms with Crippen LogP contribution in [0, 0.1) is 40.4 Å². The van der Waals surface area contributed by atoms with Crippen molar-refractivity contribution in [2.45, 2.75) is 106 Å². The molecule has 6 unspecified atom stereocenters. The smallest absolute Gasteiger partial charge is 0.0597 e. The number of aliphatic hydroxyl groups excluding tert-OH is 1. The summed E-state index contributed by atoms with van der Waals surface area (Å²) in [6.45, 7) is 17.1. The van der Waals surface area contributed by atoms with E-state index in [4.69, 9.17) is 0 Å². The Morgan fingerprint density at radius 3 is 2.52 bits per heavy atom. The van der Waals surface area contributed by atoms with Crippen molar-refractivity contribution >= 4 is 0 Å². The first kappa shape index (κ1) is 23.4. The first-order valence-electron chi connectivity index (χ1n) is 13.6. The van der Waals surface area contributed by atoms with Crippen LogP contribution in [0.15, 0.2) is 47.1 Å². The van der Waals surface area contributed by atoms with Gasteiger partial charge in [-0.2, -0.15) is 0 Å². The van der Waals surface area contributed by atoms with Gasteiger partial charge in [0.1, 0.15) is 0 Å². The molecule has 0 spiro atoms. The van der Waals surface area contributed by atoms with Crippen LogP contribution in [-0.2, 0) is 6.42 Å². The van der Waals surface area contributed by atoms with Crippen LogP contribution < -0.4 is 0 Å². The average Bonchev–Trinajstić information content (AvgIpc) is 3.11. The number of allylic oxidation sites excluding steroid dienone is 4. The molecule has 0 aromatic heterocycles. The van der Waals surface area contributed by atoms with E-state index >= 15 is 0 Å². The maximum atomic E-state index is 10.9. The normalized spacial score (nSPS) is 40.5. The quantitative estimate of drug-likeness (QED) is 0.496. The summed E-state index contributed by atoms with van der Waals surface area (Å²) in [7, 11) is 0. The highest BCUT2D eigenvalue weighted by Crippen LogP contribution is 2.71. The lowest BCUT2D eigenvalue weighted by Gasteiger charge is -2.65. The van der Waals surface area contributed by atoms with Gasteiger partial charge in [0.05, 0.1) is 6.10 Å². The van der Waals surface area contributed by atoms with Crippen LogP contribution >= 0.6 is 0 Å². The second-order valence-corrected chi connectivity index (χ2v) is 13.4. The summed E-state index contributed by atoms with van der Waals surface area (Å²) in [5.74, 6) is 1.44. The Hall–Kier alpha value is -1.34. The van der Waals surface area contributed by atoms with Crippen molar-refractivity contribution in [2.75, 3.05) is 0 Å². The van der Waals surface area contributed by atoms with Gasteiger partial charge in [-0.15, -0.1) is 0 Å². The Bertz CT molecular complexity index is 1010. The molecule has 0 saturated heterocycles. The van der Waals surface area contributed by atoms with E-state index in [2.05, 4.69) is 78.8 Å². The van der Waals surface area contributed by atoms with Crippen LogP contribution in [0.2, 0.25) is 0 Å². The summed E-state index contributed by atoms with van der Waals surface area (Å²) in [4.78, 5) is 0. The number of aliphatic hydroxyl groups is 1. The Morgan fingerprint density at radius 2 is 1.79 bits per heavy atom. The van der Waals surface area contributed by atoms with Gasteiger partial charge in [-0.25, -0.2) is 0 Å². The largest absolute Gasteiger partial charge is 0.393 e. The fourth-order valence-corrected chi connectivity index (χ4v) is 9.13. The monoisotopic (exact) mass is 446 g/mol. The maximum absolute atomic E-state index is 10.9. The van der Waals surface area contributed by atoms with E-state index in [0.29, 0.717) is 11.3 Å². The van der Waals surface area contributed by atoms with Crippen LogP contribution in [0.25, 0.3) is 0 Å². The molecule has 0 amide bonds. The highest BCUT2D eigenvalue weighted by molar-refractivity contribution is 5.50. The summed E-state index contributed by atoms with van der Waals surface area (Å²) in [6, 6.07) is 9.13. The molecule has 1 heteroatoms. The predicted octanol–water partition coefficient (Wildman–Crippen LogP) is 8.20. The Balaban J connectivity index is 1.46. The zero-order valence-corrected chi connectivity index (χ0v) is 22.2. The van der Waals surface area contributed by atoms with E-state index in [0.717, 1.165) is 18.8 Å². The number of hydrogen-bond acceptors (Lipinski definition) is 1. The minimum Gasteiger partial charge on any atom is -0.393 e. The van der Waals surface area contributed by atoms with Crippen molar-refractivity contribution < 1.29 is 5.11 Å². The molecule has 1 fully saturated rings. The van der Waals surface area contributed by atoms with Crippen molar-refractivity contribution in [2.24, 2.45) is 33.5 Å². The lowest BCUT2D eigenvalue weighted by Crippen LogP contribution is -2.60. The second-order valence-electron chi connectivity index (χ2n) is 13.4. The molecule has 1 aromatic rings. The van der Waals surface area contributed by atoms with Gasteiger partial charge in [0.25, 0.3) is 0 Å². The molecule has 1 saturated carbocycles. The molecule has 5 rings (SSSR count). The van der Waals surface area contributed by atoms with E-state index in [1.165, 1.54) is 49.7 Å². The first-order valence-corrected chi connectivity index (χ1v) is 13.6. The summed E-state index contributed by atoms with van der Waals surface area (Å²) in [5, 5.41) is 10.9. The third-order valence-electron chi connectivity index (χ3n) is 11.9. The van der Waals surface area contributed by atoms with Gasteiger partial charge in [-0.05, 0) is 108 Å². The molecular weight excluding hydrogens is 400 g/mol. The maximum Gasteiger partial charge on any atom is 0.0597 e. The first-order chi connectivity index (χ1) is 15.4. The zero-order valence-electron chi connectivity index (χ0n) is 22.2. The van der Waals surface area contributed by atoms with E-state index < -0.39 is 0 Å². The van der Waals surface area contributed by atoms with Gasteiger partial charge >= 0.3 is 0 Å². The molecule has 180 valence electrons. The molecule has 4 aliphatic carbocycles. The van der Waals surface area contributed by atoms with Crippen molar-refractivity contribution in [3.05, 3.63) is 58.2 Å². The molecule has 1 aromatic carbocycles. The lowest BCUT2D eigenvalue weighted by atomic mass is 9.39. The van der Waals surface area contributed by atoms with E-state index in [1.54, 1.807) is 16.7 Å². The Morgan fingerprint density at radius 1 is 1.03 bits per heavy atom. The summed E-state index contributed by atoms with van der Waals surface area (Å²) in [5.41, 5.74) is 8.79. The summed E-state index contributed by atoms with van der Waals surface area (Å²) < 4.78 is 0. The Labute approximate surface area is 202 Å². The number of aryl methyl sites for hydroxylation is 1. The van der Waals surface area contributed by atoms with Crippen LogP contribution in [0.3, 0.4) is 0 Å². The SMILES string of the molecule is Cc1cccc(CC(C)C2CC=C3C4=C(CCC32C)C2(C)CCC(O)C(C)(C)C2(C)CC4)c1. The van der Waals surface area contributed by atoms with Crippen LogP contribution in [0.4, 0.5) is 0 Å². The van der Waals surface area contributed by atoms with Gasteiger partial charge in [-0.3, -0.25) is 0 Å². The molecule has 0 radical (unpaired) electrons. The van der Waals surface area contributed by atoms with Crippen molar-refractivity contribution in [3.63, 3.8) is 0 Å². The molecule has 0 bridgehead atoms. The van der Waals surface area contributed by atoms with Gasteiger partial charge in [0, 0.05) is 0 Å². The predicted molar refractivity (Wildman–Crippen MR) is 139 cm³/mol. The van der Waals surface area contributed by atoms with Gasteiger partial charge in [0.2, 0.25) is 0 Å². The van der Waals surface area contributed by atoms with Crippen molar-refractivity contribution in [3.8, 4) is 0 Å². The fourth-order valence-electron chi connectivity index (χ4n) is 9.13. The standard InChI is InChI=1S/C32H46O/c1-21-9-8-10-23(19-21)20-22(2)25-11-12-26-24-13-18-32(7)29(3,4)28(33)15-17-31(32,6)27(24)14-16-30(25,26)5/h8-10,12,19,22,25,28,33H,11,13-18,20H2,1-7H3. The molecular formula is C32H46O. The third-order valence-corrected chi connectivity index (χ3v) is 11.9. The van der Waals surface area contributed by atoms with E-state index in [1.807, 2.05) is 0 Å². The average molecular weight is 447 g/mol. The fraction of sp³-hybridized carbons (Fsp3) is 0.688. The highest BCUT2D eigenvalue weighted by Gasteiger charge is 2.63. The third kappa shape index (κ3) is 3.13. The molecule has 4 aliphatic rings. The van der Waals surface area contributed by atoms with E-state index in [9.17, 15) is 5.11 Å². The Kier molecular flexibility index (Phi) is 5.37. The zero-order chi connectivity index (χ0) is 23.8. The minimum absolute atomic E-state index is 0.0335. The number of fused-ring (bicyclic) bond motifs is 4. The van der Waals surface area contributed by atoms with Gasteiger partial charge < -0.3 is 5.11 Å². The molecule has 33 heavy (non-hydrogen) atoms. The molecule has 6 atom stereocenters. The van der Waals surface area contributed by atoms with Crippen LogP contribution in [0.1, 0.15) is 97.6 Å². The second kappa shape index (κ2) is 7.58. The van der Waals surface area contributed by atoms with Gasteiger partial charge in [-0.1, -0.05) is 83.0 Å². The topological polar surface area (TPSA) is 20.2 Å². The molecule has 0 aliphatic heterocycles. The number of hydrogen-bond donors (Lipinski definition) is 1. The molecule has 1 N–H and O–H groups in total. The molecule has 0 heterocycles. The molecule has 1 nitrogen and oxygen atoms in total. The van der Waals surface area contributed by atoms with Crippen LogP contribution in [0.5, 0.6) is 0 Å².